The van der Waals surface area contributed by atoms with E-state index in [-0.39, 0.29) is 11.8 Å². The maximum atomic E-state index is 12.6. The van der Waals surface area contributed by atoms with Gasteiger partial charge in [0, 0.05) is 25.2 Å². The molecule has 2 aromatic rings. The summed E-state index contributed by atoms with van der Waals surface area (Å²) in [6.07, 6.45) is -1.68. The molecule has 0 aromatic heterocycles. The second-order valence-electron chi connectivity index (χ2n) is 5.72. The van der Waals surface area contributed by atoms with E-state index in [0.29, 0.717) is 11.1 Å². The predicted octanol–water partition coefficient (Wildman–Crippen LogP) is 2.24. The first-order valence-corrected chi connectivity index (χ1v) is 7.76. The van der Waals surface area contributed by atoms with Crippen LogP contribution in [-0.4, -0.2) is 53.1 Å². The fraction of sp³-hybridized carbons (Fsp3) is 0.263. The Morgan fingerprint density at radius 2 is 1.12 bits per heavy atom. The largest absolute Gasteiger partial charge is 0.389 e. The Morgan fingerprint density at radius 1 is 0.792 bits per heavy atom. The summed E-state index contributed by atoms with van der Waals surface area (Å²) < 4.78 is 0. The van der Waals surface area contributed by atoms with Gasteiger partial charge in [0.25, 0.3) is 11.8 Å². The molecule has 0 heterocycles. The van der Waals surface area contributed by atoms with Gasteiger partial charge in [-0.25, -0.2) is 0 Å². The summed E-state index contributed by atoms with van der Waals surface area (Å²) >= 11 is 0. The van der Waals surface area contributed by atoms with Gasteiger partial charge < -0.3 is 14.9 Å². The molecule has 1 atom stereocenters. The number of hydrogen-bond donors (Lipinski definition) is 1. The highest BCUT2D eigenvalue weighted by atomic mass is 16.3. The van der Waals surface area contributed by atoms with E-state index in [4.69, 9.17) is 0 Å². The van der Waals surface area contributed by atoms with Crippen molar-refractivity contribution >= 4 is 11.8 Å². The molecule has 126 valence electrons. The van der Waals surface area contributed by atoms with Crippen molar-refractivity contribution in [3.8, 4) is 0 Å². The zero-order valence-corrected chi connectivity index (χ0v) is 14.1. The number of nitrogens with zero attached hydrogens (tertiary/aromatic N) is 2. The lowest BCUT2D eigenvalue weighted by atomic mass is 10.1. The van der Waals surface area contributed by atoms with Crippen LogP contribution < -0.4 is 0 Å². The Labute approximate surface area is 142 Å². The van der Waals surface area contributed by atoms with Crippen LogP contribution >= 0.6 is 0 Å². The highest BCUT2D eigenvalue weighted by Crippen LogP contribution is 2.15. The minimum atomic E-state index is -0.902. The minimum Gasteiger partial charge on any atom is -0.389 e. The van der Waals surface area contributed by atoms with Gasteiger partial charge in [-0.2, -0.15) is 0 Å². The summed E-state index contributed by atoms with van der Waals surface area (Å²) in [6, 6.07) is 17.6. The molecule has 0 radical (unpaired) electrons. The second kappa shape index (κ2) is 7.75. The fourth-order valence-corrected chi connectivity index (χ4v) is 2.72. The number of carbonyl (C=O) groups is 2. The Bertz CT molecular complexity index is 629. The molecular formula is C19H22N2O3. The lowest BCUT2D eigenvalue weighted by Gasteiger charge is -2.37. The molecule has 0 bridgehead atoms. The Hall–Kier alpha value is -2.66. The van der Waals surface area contributed by atoms with Crippen LogP contribution in [0.3, 0.4) is 0 Å². The second-order valence-corrected chi connectivity index (χ2v) is 5.72. The van der Waals surface area contributed by atoms with Gasteiger partial charge in [0.05, 0.1) is 6.10 Å². The lowest BCUT2D eigenvalue weighted by Crippen LogP contribution is -2.55. The topological polar surface area (TPSA) is 60.9 Å². The third-order valence-corrected chi connectivity index (χ3v) is 3.91. The molecule has 2 aromatic carbocycles. The van der Waals surface area contributed by atoms with Gasteiger partial charge in [-0.05, 0) is 31.2 Å². The predicted molar refractivity (Wildman–Crippen MR) is 92.5 cm³/mol. The molecule has 0 aliphatic carbocycles. The summed E-state index contributed by atoms with van der Waals surface area (Å²) in [5.41, 5.74) is 1.01. The summed E-state index contributed by atoms with van der Waals surface area (Å²) in [6.45, 7) is 1.56. The van der Waals surface area contributed by atoms with E-state index >= 15 is 0 Å². The Morgan fingerprint density at radius 3 is 1.42 bits per heavy atom. The van der Waals surface area contributed by atoms with Crippen LogP contribution in [-0.2, 0) is 0 Å². The molecule has 0 saturated carbocycles. The van der Waals surface area contributed by atoms with Crippen molar-refractivity contribution in [2.24, 2.45) is 0 Å². The first-order valence-electron chi connectivity index (χ1n) is 7.76. The lowest BCUT2D eigenvalue weighted by molar-refractivity contribution is -0.00459. The molecule has 0 spiro atoms. The van der Waals surface area contributed by atoms with Crippen LogP contribution in [0.1, 0.15) is 27.6 Å². The molecular weight excluding hydrogens is 304 g/mol. The van der Waals surface area contributed by atoms with Crippen molar-refractivity contribution in [3.63, 3.8) is 0 Å². The van der Waals surface area contributed by atoms with Gasteiger partial charge in [-0.3, -0.25) is 9.59 Å². The fourth-order valence-electron chi connectivity index (χ4n) is 2.72. The van der Waals surface area contributed by atoms with Gasteiger partial charge in [0.1, 0.15) is 6.17 Å². The summed E-state index contributed by atoms with van der Waals surface area (Å²) in [4.78, 5) is 28.0. The highest BCUT2D eigenvalue weighted by molar-refractivity contribution is 5.96. The van der Waals surface area contributed by atoms with E-state index in [1.165, 1.54) is 9.80 Å². The zero-order chi connectivity index (χ0) is 17.7. The molecule has 0 saturated heterocycles. The Kier molecular flexibility index (Phi) is 5.71. The van der Waals surface area contributed by atoms with E-state index in [1.807, 2.05) is 12.1 Å². The van der Waals surface area contributed by atoms with Crippen molar-refractivity contribution in [2.45, 2.75) is 19.2 Å². The average molecular weight is 326 g/mol. The van der Waals surface area contributed by atoms with Crippen molar-refractivity contribution in [1.29, 1.82) is 0 Å². The van der Waals surface area contributed by atoms with Gasteiger partial charge in [-0.15, -0.1) is 0 Å². The standard InChI is InChI=1S/C19H22N2O3/c1-14(22)17(20(2)18(23)15-10-6-4-7-11-15)21(3)19(24)16-12-8-5-9-13-16/h4-14,17,22H,1-3H3. The number of amides is 2. The zero-order valence-electron chi connectivity index (χ0n) is 14.1. The highest BCUT2D eigenvalue weighted by Gasteiger charge is 2.31. The monoisotopic (exact) mass is 326 g/mol. The molecule has 0 fully saturated rings. The number of aliphatic hydroxyl groups excluding tert-OH is 1. The number of likely N-dealkylation sites (N-methyl/N-ethyl adjacent to an activating group) is 2. The molecule has 0 aliphatic rings. The van der Waals surface area contributed by atoms with Crippen LogP contribution in [0.25, 0.3) is 0 Å². The summed E-state index contributed by atoms with van der Waals surface area (Å²) in [5.74, 6) is -0.511. The SMILES string of the molecule is CC(O)C(N(C)C(=O)c1ccccc1)N(C)C(=O)c1ccccc1. The number of aliphatic hydroxyl groups is 1. The summed E-state index contributed by atoms with van der Waals surface area (Å²) in [7, 11) is 3.17. The van der Waals surface area contributed by atoms with Gasteiger partial charge >= 0.3 is 0 Å². The molecule has 5 heteroatoms. The number of benzene rings is 2. The van der Waals surface area contributed by atoms with Gasteiger partial charge in [0.15, 0.2) is 0 Å². The van der Waals surface area contributed by atoms with Gasteiger partial charge in [-0.1, -0.05) is 36.4 Å². The maximum Gasteiger partial charge on any atom is 0.255 e. The molecule has 2 amide bonds. The molecule has 24 heavy (non-hydrogen) atoms. The van der Waals surface area contributed by atoms with E-state index in [2.05, 4.69) is 0 Å². The molecule has 2 rings (SSSR count). The molecule has 0 aliphatic heterocycles. The summed E-state index contributed by atoms with van der Waals surface area (Å²) in [5, 5.41) is 10.2. The molecule has 1 N–H and O–H groups in total. The molecule has 1 unspecified atom stereocenters. The number of carbonyl (C=O) groups excluding carboxylic acids is 2. The third kappa shape index (κ3) is 3.81. The maximum absolute atomic E-state index is 12.6. The van der Waals surface area contributed by atoms with Crippen LogP contribution in [0, 0.1) is 0 Å². The quantitative estimate of drug-likeness (QED) is 0.857. The third-order valence-electron chi connectivity index (χ3n) is 3.91. The Balaban J connectivity index is 2.25. The van der Waals surface area contributed by atoms with Crippen LogP contribution in [0.15, 0.2) is 60.7 Å². The van der Waals surface area contributed by atoms with Crippen LogP contribution in [0.2, 0.25) is 0 Å². The van der Waals surface area contributed by atoms with Crippen LogP contribution in [0.4, 0.5) is 0 Å². The van der Waals surface area contributed by atoms with E-state index in [9.17, 15) is 14.7 Å². The smallest absolute Gasteiger partial charge is 0.255 e. The number of rotatable bonds is 5. The normalized spacial score (nSPS) is 11.9. The van der Waals surface area contributed by atoms with Crippen molar-refractivity contribution < 1.29 is 14.7 Å². The van der Waals surface area contributed by atoms with Crippen molar-refractivity contribution in [3.05, 3.63) is 71.8 Å². The van der Waals surface area contributed by atoms with E-state index < -0.39 is 12.3 Å². The van der Waals surface area contributed by atoms with Crippen LogP contribution in [0.5, 0.6) is 0 Å². The first kappa shape index (κ1) is 17.7. The molecule has 5 nitrogen and oxygen atoms in total. The van der Waals surface area contributed by atoms with Gasteiger partial charge in [0.2, 0.25) is 0 Å². The van der Waals surface area contributed by atoms with E-state index in [1.54, 1.807) is 69.6 Å². The first-order chi connectivity index (χ1) is 11.4. The van der Waals surface area contributed by atoms with Crippen molar-refractivity contribution in [1.82, 2.24) is 9.80 Å². The number of hydrogen-bond acceptors (Lipinski definition) is 3. The van der Waals surface area contributed by atoms with E-state index in [0.717, 1.165) is 0 Å². The van der Waals surface area contributed by atoms with Crippen molar-refractivity contribution in [2.75, 3.05) is 14.1 Å². The average Bonchev–Trinajstić information content (AvgIpc) is 2.61. The minimum absolute atomic E-state index is 0.255.